The molecule has 0 unspecified atom stereocenters. The molecule has 0 radical (unpaired) electrons. The van der Waals surface area contributed by atoms with Crippen molar-refractivity contribution in [3.63, 3.8) is 0 Å². The molecule has 2 heterocycles. The molecule has 1 atom stereocenters. The van der Waals surface area contributed by atoms with Crippen molar-refractivity contribution in [1.82, 2.24) is 10.3 Å². The number of thiophene rings is 1. The molecular formula is C18H15FN2O3S2. The Hall–Kier alpha value is -2.58. The number of hydrogen-bond acceptors (Lipinski definition) is 5. The summed E-state index contributed by atoms with van der Waals surface area (Å²) in [6.07, 6.45) is 2.94. The highest BCUT2D eigenvalue weighted by Crippen LogP contribution is 2.31. The van der Waals surface area contributed by atoms with Crippen LogP contribution < -0.4 is 5.32 Å². The standard InChI is InChI=1S/C18H15FN2O3S2/c19-15-7-5-13(6-8-15)16(26(23,24)17-4-2-10-25-17)12-21-18(22)14-3-1-9-20-11-14/h1-11,16H,12H2,(H,21,22)/t16-/m0/s1. The number of rotatable bonds is 6. The summed E-state index contributed by atoms with van der Waals surface area (Å²) < 4.78 is 39.4. The zero-order valence-electron chi connectivity index (χ0n) is 13.5. The van der Waals surface area contributed by atoms with Gasteiger partial charge in [0.15, 0.2) is 9.84 Å². The van der Waals surface area contributed by atoms with Gasteiger partial charge in [-0.15, -0.1) is 11.3 Å². The van der Waals surface area contributed by atoms with Crippen molar-refractivity contribution in [2.24, 2.45) is 0 Å². The Morgan fingerprint density at radius 2 is 1.92 bits per heavy atom. The average molecular weight is 390 g/mol. The molecule has 2 aromatic heterocycles. The van der Waals surface area contributed by atoms with Crippen molar-refractivity contribution in [3.05, 3.63) is 83.2 Å². The number of pyridine rings is 1. The van der Waals surface area contributed by atoms with E-state index in [9.17, 15) is 17.6 Å². The summed E-state index contributed by atoms with van der Waals surface area (Å²) in [5.74, 6) is -0.882. The fraction of sp³-hybridized carbons (Fsp3) is 0.111. The largest absolute Gasteiger partial charge is 0.350 e. The van der Waals surface area contributed by atoms with E-state index in [4.69, 9.17) is 0 Å². The molecule has 5 nitrogen and oxygen atoms in total. The molecule has 0 saturated heterocycles. The highest BCUT2D eigenvalue weighted by Gasteiger charge is 2.30. The molecule has 134 valence electrons. The van der Waals surface area contributed by atoms with E-state index in [1.165, 1.54) is 36.5 Å². The summed E-state index contributed by atoms with van der Waals surface area (Å²) in [5, 5.41) is 3.28. The van der Waals surface area contributed by atoms with Crippen molar-refractivity contribution in [2.45, 2.75) is 9.46 Å². The second-order valence-corrected chi connectivity index (χ2v) is 8.77. The smallest absolute Gasteiger partial charge is 0.252 e. The average Bonchev–Trinajstić information content (AvgIpc) is 3.19. The summed E-state index contributed by atoms with van der Waals surface area (Å²) in [6, 6.07) is 11.6. The predicted octanol–water partition coefficient (Wildman–Crippen LogP) is 3.23. The van der Waals surface area contributed by atoms with Gasteiger partial charge in [0.05, 0.1) is 5.56 Å². The van der Waals surface area contributed by atoms with Gasteiger partial charge in [0.1, 0.15) is 15.3 Å². The predicted molar refractivity (Wildman–Crippen MR) is 97.2 cm³/mol. The number of hydrogen-bond donors (Lipinski definition) is 1. The Kier molecular flexibility index (Phi) is 5.43. The normalized spacial score (nSPS) is 12.5. The maximum Gasteiger partial charge on any atom is 0.252 e. The summed E-state index contributed by atoms with van der Waals surface area (Å²) >= 11 is 1.10. The fourth-order valence-corrected chi connectivity index (χ4v) is 5.30. The summed E-state index contributed by atoms with van der Waals surface area (Å²) in [4.78, 5) is 16.1. The van der Waals surface area contributed by atoms with Gasteiger partial charge in [-0.25, -0.2) is 12.8 Å². The lowest BCUT2D eigenvalue weighted by atomic mass is 10.1. The Labute approximate surface area is 154 Å². The van der Waals surface area contributed by atoms with E-state index < -0.39 is 26.8 Å². The van der Waals surface area contributed by atoms with Gasteiger partial charge >= 0.3 is 0 Å². The number of carbonyl (C=O) groups excluding carboxylic acids is 1. The monoisotopic (exact) mass is 390 g/mol. The first-order valence-electron chi connectivity index (χ1n) is 7.69. The minimum Gasteiger partial charge on any atom is -0.350 e. The van der Waals surface area contributed by atoms with Gasteiger partial charge in [-0.2, -0.15) is 0 Å². The van der Waals surface area contributed by atoms with Crippen LogP contribution in [0.3, 0.4) is 0 Å². The van der Waals surface area contributed by atoms with Crippen LogP contribution in [0.2, 0.25) is 0 Å². The number of carbonyl (C=O) groups is 1. The van der Waals surface area contributed by atoms with Crippen molar-refractivity contribution in [1.29, 1.82) is 0 Å². The van der Waals surface area contributed by atoms with Crippen LogP contribution in [0.25, 0.3) is 0 Å². The van der Waals surface area contributed by atoms with Crippen LogP contribution in [-0.2, 0) is 9.84 Å². The lowest BCUT2D eigenvalue weighted by molar-refractivity contribution is 0.0953. The number of aromatic nitrogens is 1. The zero-order valence-corrected chi connectivity index (χ0v) is 15.1. The highest BCUT2D eigenvalue weighted by molar-refractivity contribution is 7.93. The van der Waals surface area contributed by atoms with Gasteiger partial charge in [-0.05, 0) is 41.3 Å². The number of halogens is 1. The third kappa shape index (κ3) is 3.97. The molecule has 1 aromatic carbocycles. The van der Waals surface area contributed by atoms with Gasteiger partial charge in [0.25, 0.3) is 5.91 Å². The van der Waals surface area contributed by atoms with E-state index in [0.29, 0.717) is 11.1 Å². The van der Waals surface area contributed by atoms with Crippen LogP contribution in [-0.4, -0.2) is 25.9 Å². The summed E-state index contributed by atoms with van der Waals surface area (Å²) in [7, 11) is -3.74. The molecule has 0 bridgehead atoms. The highest BCUT2D eigenvalue weighted by atomic mass is 32.2. The van der Waals surface area contributed by atoms with Gasteiger partial charge in [-0.3, -0.25) is 9.78 Å². The molecule has 26 heavy (non-hydrogen) atoms. The number of nitrogens with zero attached hydrogens (tertiary/aromatic N) is 1. The van der Waals surface area contributed by atoms with Crippen molar-refractivity contribution < 1.29 is 17.6 Å². The number of nitrogens with one attached hydrogen (secondary N) is 1. The lowest BCUT2D eigenvalue weighted by Crippen LogP contribution is -2.31. The Balaban J connectivity index is 1.89. The summed E-state index contributed by atoms with van der Waals surface area (Å²) in [6.45, 7) is -0.139. The van der Waals surface area contributed by atoms with E-state index in [-0.39, 0.29) is 10.8 Å². The van der Waals surface area contributed by atoms with Crippen LogP contribution in [0.15, 0.2) is 70.5 Å². The van der Waals surface area contributed by atoms with Crippen molar-refractivity contribution >= 4 is 27.1 Å². The molecule has 3 aromatic rings. The van der Waals surface area contributed by atoms with Gasteiger partial charge in [0, 0.05) is 18.9 Å². The van der Waals surface area contributed by atoms with E-state index in [1.807, 2.05) is 0 Å². The lowest BCUT2D eigenvalue weighted by Gasteiger charge is -2.18. The molecule has 0 saturated carbocycles. The zero-order chi connectivity index (χ0) is 18.6. The van der Waals surface area contributed by atoms with Gasteiger partial charge in [0.2, 0.25) is 0 Å². The van der Waals surface area contributed by atoms with Crippen LogP contribution in [0.5, 0.6) is 0 Å². The molecule has 1 N–H and O–H groups in total. The number of benzene rings is 1. The Morgan fingerprint density at radius 3 is 2.54 bits per heavy atom. The Morgan fingerprint density at radius 1 is 1.15 bits per heavy atom. The second kappa shape index (κ2) is 7.76. The molecule has 0 fully saturated rings. The third-order valence-electron chi connectivity index (χ3n) is 3.76. The van der Waals surface area contributed by atoms with Crippen molar-refractivity contribution in [3.8, 4) is 0 Å². The Bertz CT molecular complexity index is 973. The first-order chi connectivity index (χ1) is 12.5. The molecule has 0 aliphatic heterocycles. The third-order valence-corrected chi connectivity index (χ3v) is 7.30. The fourth-order valence-electron chi connectivity index (χ4n) is 2.43. The van der Waals surface area contributed by atoms with E-state index in [2.05, 4.69) is 10.3 Å². The quantitative estimate of drug-likeness (QED) is 0.701. The molecular weight excluding hydrogens is 375 g/mol. The van der Waals surface area contributed by atoms with E-state index in [0.717, 1.165) is 11.3 Å². The topological polar surface area (TPSA) is 76.1 Å². The molecule has 0 aliphatic carbocycles. The maximum atomic E-state index is 13.2. The first kappa shape index (κ1) is 18.2. The van der Waals surface area contributed by atoms with Crippen LogP contribution >= 0.6 is 11.3 Å². The van der Waals surface area contributed by atoms with E-state index >= 15 is 0 Å². The van der Waals surface area contributed by atoms with Crippen LogP contribution in [0.4, 0.5) is 4.39 Å². The SMILES string of the molecule is O=C(NC[C@@H](c1ccc(F)cc1)S(=O)(=O)c1cccs1)c1cccnc1. The first-order valence-corrected chi connectivity index (χ1v) is 10.1. The molecule has 3 rings (SSSR count). The number of amides is 1. The molecule has 0 aliphatic rings. The van der Waals surface area contributed by atoms with Gasteiger partial charge in [-0.1, -0.05) is 18.2 Å². The van der Waals surface area contributed by atoms with E-state index in [1.54, 1.807) is 29.8 Å². The summed E-state index contributed by atoms with van der Waals surface area (Å²) in [5.41, 5.74) is 0.741. The minimum atomic E-state index is -3.74. The molecule has 1 amide bonds. The molecule has 8 heteroatoms. The van der Waals surface area contributed by atoms with Crippen LogP contribution in [0, 0.1) is 5.82 Å². The second-order valence-electron chi connectivity index (χ2n) is 5.47. The van der Waals surface area contributed by atoms with Crippen LogP contribution in [0.1, 0.15) is 21.2 Å². The maximum absolute atomic E-state index is 13.2. The number of sulfone groups is 1. The van der Waals surface area contributed by atoms with Gasteiger partial charge < -0.3 is 5.32 Å². The minimum absolute atomic E-state index is 0.139. The van der Waals surface area contributed by atoms with Crippen molar-refractivity contribution in [2.75, 3.05) is 6.54 Å². The molecule has 0 spiro atoms.